The first kappa shape index (κ1) is 15.2. The van der Waals surface area contributed by atoms with Crippen LogP contribution in [0.3, 0.4) is 0 Å². The van der Waals surface area contributed by atoms with Gasteiger partial charge in [-0.05, 0) is 17.7 Å². The normalized spacial score (nSPS) is 11.2. The molecule has 2 rings (SSSR count). The number of hydrogen-bond acceptors (Lipinski definition) is 5. The van der Waals surface area contributed by atoms with Crippen molar-refractivity contribution in [2.75, 3.05) is 12.9 Å². The van der Waals surface area contributed by atoms with Gasteiger partial charge >= 0.3 is 0 Å². The van der Waals surface area contributed by atoms with Crippen LogP contribution in [0.4, 0.5) is 0 Å². The van der Waals surface area contributed by atoms with Gasteiger partial charge in [0, 0.05) is 24.7 Å². The Balaban J connectivity index is 1.92. The molecular weight excluding hydrogens is 290 g/mol. The van der Waals surface area contributed by atoms with E-state index in [0.29, 0.717) is 24.2 Å². The van der Waals surface area contributed by atoms with Crippen LogP contribution >= 0.6 is 0 Å². The first-order valence-corrected chi connectivity index (χ1v) is 8.14. The number of imidazole rings is 1. The van der Waals surface area contributed by atoms with Gasteiger partial charge in [-0.15, -0.1) is 0 Å². The van der Waals surface area contributed by atoms with Crippen molar-refractivity contribution in [2.45, 2.75) is 12.8 Å². The average molecular weight is 305 g/mol. The summed E-state index contributed by atoms with van der Waals surface area (Å²) < 4.78 is 26.4. The molecule has 1 aromatic heterocycles. The summed E-state index contributed by atoms with van der Waals surface area (Å²) in [4.78, 5) is 7.31. The minimum absolute atomic E-state index is 0.0721. The molecule has 0 spiro atoms. The van der Waals surface area contributed by atoms with Crippen molar-refractivity contribution in [2.24, 2.45) is 0 Å². The summed E-state index contributed by atoms with van der Waals surface area (Å²) in [5.74, 6) is 0.683. The fourth-order valence-corrected chi connectivity index (χ4v) is 2.22. The first-order chi connectivity index (χ1) is 9.96. The Morgan fingerprint density at radius 2 is 2.05 bits per heavy atom. The molecule has 21 heavy (non-hydrogen) atoms. The lowest BCUT2D eigenvalue weighted by atomic mass is 10.1. The third-order valence-electron chi connectivity index (χ3n) is 2.79. The van der Waals surface area contributed by atoms with Crippen molar-refractivity contribution < 1.29 is 12.6 Å². The quantitative estimate of drug-likeness (QED) is 0.814. The van der Waals surface area contributed by atoms with E-state index in [4.69, 9.17) is 5.26 Å². The molecule has 0 radical (unpaired) electrons. The van der Waals surface area contributed by atoms with Gasteiger partial charge in [0.25, 0.3) is 10.1 Å². The largest absolute Gasteiger partial charge is 0.346 e. The van der Waals surface area contributed by atoms with Gasteiger partial charge in [-0.2, -0.15) is 13.7 Å². The first-order valence-electron chi connectivity index (χ1n) is 6.32. The fraction of sp³-hybridized carbons (Fsp3) is 0.286. The highest BCUT2D eigenvalue weighted by Gasteiger charge is 2.05. The van der Waals surface area contributed by atoms with Crippen LogP contribution in [0.1, 0.15) is 22.6 Å². The number of aromatic nitrogens is 2. The third-order valence-corrected chi connectivity index (χ3v) is 3.39. The predicted octanol–water partition coefficient (Wildman–Crippen LogP) is 1.39. The molecule has 1 aromatic carbocycles. The molecule has 0 bridgehead atoms. The van der Waals surface area contributed by atoms with Gasteiger partial charge in [0.1, 0.15) is 5.82 Å². The topological polar surface area (TPSA) is 95.8 Å². The molecule has 0 aliphatic carbocycles. The number of nitrogens with one attached hydrogen (secondary N) is 1. The molecule has 0 saturated heterocycles. The van der Waals surface area contributed by atoms with Crippen LogP contribution in [-0.2, 0) is 27.1 Å². The molecule has 0 fully saturated rings. The molecule has 6 nitrogen and oxygen atoms in total. The van der Waals surface area contributed by atoms with Crippen LogP contribution in [0.5, 0.6) is 0 Å². The summed E-state index contributed by atoms with van der Waals surface area (Å²) in [6.07, 6.45) is 3.81. The predicted molar refractivity (Wildman–Crippen MR) is 77.1 cm³/mol. The van der Waals surface area contributed by atoms with Crippen LogP contribution in [0, 0.1) is 11.3 Å². The number of aromatic amines is 1. The Morgan fingerprint density at radius 3 is 2.67 bits per heavy atom. The second-order valence-electron chi connectivity index (χ2n) is 4.62. The van der Waals surface area contributed by atoms with E-state index < -0.39 is 10.1 Å². The second kappa shape index (κ2) is 6.52. The van der Waals surface area contributed by atoms with Crippen LogP contribution in [0.15, 0.2) is 30.5 Å². The Labute approximate surface area is 123 Å². The Hall–Kier alpha value is -2.17. The molecule has 2 aromatic rings. The molecule has 1 N–H and O–H groups in total. The standard InChI is InChI=1S/C14H15N3O3S/c1-21(18,19)20-7-6-14-16-10-13(17-14)8-11-2-4-12(9-15)5-3-11/h2-5,10H,6-8H2,1H3,(H,16,17). The van der Waals surface area contributed by atoms with Gasteiger partial charge < -0.3 is 4.98 Å². The SMILES string of the molecule is CS(=O)(=O)OCCc1ncc(Cc2ccc(C#N)cc2)[nH]1. The van der Waals surface area contributed by atoms with Gasteiger partial charge in [-0.3, -0.25) is 4.18 Å². The van der Waals surface area contributed by atoms with Crippen LogP contribution < -0.4 is 0 Å². The fourth-order valence-electron chi connectivity index (χ4n) is 1.83. The highest BCUT2D eigenvalue weighted by atomic mass is 32.2. The number of H-pyrrole nitrogens is 1. The number of benzene rings is 1. The summed E-state index contributed by atoms with van der Waals surface area (Å²) in [6.45, 7) is 0.0721. The van der Waals surface area contributed by atoms with Crippen LogP contribution in [0.2, 0.25) is 0 Å². The maximum Gasteiger partial charge on any atom is 0.264 e. The van der Waals surface area contributed by atoms with Crippen molar-refractivity contribution in [3.63, 3.8) is 0 Å². The Bertz CT molecular complexity index is 743. The van der Waals surface area contributed by atoms with E-state index in [1.54, 1.807) is 18.3 Å². The maximum absolute atomic E-state index is 10.8. The Kier molecular flexibility index (Phi) is 4.73. The lowest BCUT2D eigenvalue weighted by Gasteiger charge is -2.00. The number of hydrogen-bond donors (Lipinski definition) is 1. The summed E-state index contributed by atoms with van der Waals surface area (Å²) in [7, 11) is -3.41. The van der Waals surface area contributed by atoms with Gasteiger partial charge in [-0.1, -0.05) is 12.1 Å². The highest BCUT2D eigenvalue weighted by molar-refractivity contribution is 7.85. The molecule has 1 heterocycles. The van der Waals surface area contributed by atoms with Gasteiger partial charge in [0.2, 0.25) is 0 Å². The zero-order valence-electron chi connectivity index (χ0n) is 11.5. The van der Waals surface area contributed by atoms with E-state index in [9.17, 15) is 8.42 Å². The van der Waals surface area contributed by atoms with Gasteiger partial charge in [0.05, 0.1) is 24.5 Å². The second-order valence-corrected chi connectivity index (χ2v) is 6.26. The molecule has 0 aliphatic heterocycles. The summed E-state index contributed by atoms with van der Waals surface area (Å²) in [6, 6.07) is 9.40. The molecule has 7 heteroatoms. The van der Waals surface area contributed by atoms with Gasteiger partial charge in [-0.25, -0.2) is 4.98 Å². The highest BCUT2D eigenvalue weighted by Crippen LogP contribution is 2.09. The molecule has 0 atom stereocenters. The van der Waals surface area contributed by atoms with Crippen LogP contribution in [0.25, 0.3) is 0 Å². The lowest BCUT2D eigenvalue weighted by Crippen LogP contribution is -2.07. The molecule has 110 valence electrons. The summed E-state index contributed by atoms with van der Waals surface area (Å²) in [5.41, 5.74) is 2.62. The number of nitriles is 1. The summed E-state index contributed by atoms with van der Waals surface area (Å²) >= 11 is 0. The molecule has 0 unspecified atom stereocenters. The average Bonchev–Trinajstić information content (AvgIpc) is 2.86. The third kappa shape index (κ3) is 5.02. The van der Waals surface area contributed by atoms with Crippen molar-refractivity contribution in [3.05, 3.63) is 53.1 Å². The van der Waals surface area contributed by atoms with E-state index in [1.807, 2.05) is 12.1 Å². The number of rotatable bonds is 6. The monoisotopic (exact) mass is 305 g/mol. The van der Waals surface area contributed by atoms with Crippen molar-refractivity contribution in [1.29, 1.82) is 5.26 Å². The summed E-state index contributed by atoms with van der Waals surface area (Å²) in [5, 5.41) is 8.74. The van der Waals surface area contributed by atoms with Crippen molar-refractivity contribution in [3.8, 4) is 6.07 Å². The van der Waals surface area contributed by atoms with Gasteiger partial charge in [0.15, 0.2) is 0 Å². The maximum atomic E-state index is 10.8. The Morgan fingerprint density at radius 1 is 1.33 bits per heavy atom. The molecule has 0 amide bonds. The van der Waals surface area contributed by atoms with E-state index >= 15 is 0 Å². The number of nitrogens with zero attached hydrogens (tertiary/aromatic N) is 2. The minimum atomic E-state index is -3.41. The molecular formula is C14H15N3O3S. The van der Waals surface area contributed by atoms with E-state index in [1.165, 1.54) is 0 Å². The minimum Gasteiger partial charge on any atom is -0.346 e. The van der Waals surface area contributed by atoms with E-state index in [-0.39, 0.29) is 6.61 Å². The van der Waals surface area contributed by atoms with Crippen molar-refractivity contribution in [1.82, 2.24) is 9.97 Å². The molecule has 0 saturated carbocycles. The van der Waals surface area contributed by atoms with E-state index in [2.05, 4.69) is 20.2 Å². The zero-order valence-corrected chi connectivity index (χ0v) is 12.4. The van der Waals surface area contributed by atoms with Crippen LogP contribution in [-0.4, -0.2) is 31.2 Å². The zero-order chi connectivity index (χ0) is 15.3. The van der Waals surface area contributed by atoms with Crippen molar-refractivity contribution >= 4 is 10.1 Å². The van der Waals surface area contributed by atoms with E-state index in [0.717, 1.165) is 17.5 Å². The molecule has 0 aliphatic rings. The smallest absolute Gasteiger partial charge is 0.264 e. The lowest BCUT2D eigenvalue weighted by molar-refractivity contribution is 0.323.